The van der Waals surface area contributed by atoms with Gasteiger partial charge in [-0.1, -0.05) is 25.4 Å². The zero-order chi connectivity index (χ0) is 17.4. The van der Waals surface area contributed by atoms with E-state index in [1.165, 1.54) is 0 Å². The van der Waals surface area contributed by atoms with Crippen molar-refractivity contribution in [3.63, 3.8) is 0 Å². The van der Waals surface area contributed by atoms with Crippen LogP contribution in [0.1, 0.15) is 26.7 Å². The van der Waals surface area contributed by atoms with Gasteiger partial charge in [0.2, 0.25) is 0 Å². The average Bonchev–Trinajstić information content (AvgIpc) is 2.62. The second-order valence-electron chi connectivity index (χ2n) is 5.91. The molecule has 0 radical (unpaired) electrons. The maximum Gasteiger partial charge on any atom is 0.409 e. The van der Waals surface area contributed by atoms with Crippen LogP contribution in [0.5, 0.6) is 5.75 Å². The van der Waals surface area contributed by atoms with Gasteiger partial charge in [-0.15, -0.1) is 0 Å². The van der Waals surface area contributed by atoms with Crippen LogP contribution in [0.3, 0.4) is 0 Å². The van der Waals surface area contributed by atoms with Gasteiger partial charge in [0.05, 0.1) is 0 Å². The van der Waals surface area contributed by atoms with Crippen molar-refractivity contribution in [2.75, 3.05) is 39.4 Å². The monoisotopic (exact) mass is 354 g/mol. The summed E-state index contributed by atoms with van der Waals surface area (Å²) in [5.74, 6) is 0.717. The summed E-state index contributed by atoms with van der Waals surface area (Å²) in [6.45, 7) is 8.31. The number of nitrogens with zero attached hydrogens (tertiary/aromatic N) is 2. The first-order chi connectivity index (χ1) is 11.6. The van der Waals surface area contributed by atoms with Gasteiger partial charge in [0, 0.05) is 37.2 Å². The lowest BCUT2D eigenvalue weighted by molar-refractivity contribution is 0.0553. The standard InChI is InChI=1S/C18H27ClN2O3/c1-3-16(4-2)20-9-11-21(12-10-20)18(22)24-14-13-23-17-7-5-15(19)6-8-17/h5-8,16H,3-4,9-14H2,1-2H3. The zero-order valence-corrected chi connectivity index (χ0v) is 15.3. The summed E-state index contributed by atoms with van der Waals surface area (Å²) in [7, 11) is 0. The largest absolute Gasteiger partial charge is 0.490 e. The highest BCUT2D eigenvalue weighted by Crippen LogP contribution is 2.15. The smallest absolute Gasteiger partial charge is 0.409 e. The topological polar surface area (TPSA) is 42.0 Å². The second-order valence-corrected chi connectivity index (χ2v) is 6.35. The number of hydrogen-bond donors (Lipinski definition) is 0. The molecule has 134 valence electrons. The molecule has 1 aromatic carbocycles. The van der Waals surface area contributed by atoms with Crippen molar-refractivity contribution < 1.29 is 14.3 Å². The molecule has 1 amide bonds. The van der Waals surface area contributed by atoms with Gasteiger partial charge in [-0.2, -0.15) is 0 Å². The van der Waals surface area contributed by atoms with E-state index in [-0.39, 0.29) is 12.7 Å². The van der Waals surface area contributed by atoms with Crippen LogP contribution in [0.25, 0.3) is 0 Å². The maximum atomic E-state index is 12.1. The van der Waals surface area contributed by atoms with E-state index in [1.807, 2.05) is 0 Å². The Morgan fingerprint density at radius 2 is 1.71 bits per heavy atom. The van der Waals surface area contributed by atoms with Crippen LogP contribution in [0.4, 0.5) is 4.79 Å². The van der Waals surface area contributed by atoms with E-state index in [4.69, 9.17) is 21.1 Å². The number of ether oxygens (including phenoxy) is 2. The Bertz CT molecular complexity index is 497. The molecule has 6 heteroatoms. The van der Waals surface area contributed by atoms with E-state index < -0.39 is 0 Å². The first kappa shape index (κ1) is 18.9. The Hall–Kier alpha value is -1.46. The molecule has 1 aliphatic heterocycles. The predicted molar refractivity (Wildman–Crippen MR) is 95.8 cm³/mol. The predicted octanol–water partition coefficient (Wildman–Crippen LogP) is 3.66. The SMILES string of the molecule is CCC(CC)N1CCN(C(=O)OCCOc2ccc(Cl)cc2)CC1. The van der Waals surface area contributed by atoms with Gasteiger partial charge in [0.25, 0.3) is 0 Å². The molecule has 0 spiro atoms. The molecule has 0 aromatic heterocycles. The molecule has 24 heavy (non-hydrogen) atoms. The molecular weight excluding hydrogens is 328 g/mol. The number of piperazine rings is 1. The molecule has 1 fully saturated rings. The van der Waals surface area contributed by atoms with E-state index >= 15 is 0 Å². The average molecular weight is 355 g/mol. The van der Waals surface area contributed by atoms with Crippen molar-refractivity contribution in [2.45, 2.75) is 32.7 Å². The summed E-state index contributed by atoms with van der Waals surface area (Å²) in [6, 6.07) is 7.74. The van der Waals surface area contributed by atoms with E-state index in [9.17, 15) is 4.79 Å². The molecule has 1 saturated heterocycles. The first-order valence-corrected chi connectivity index (χ1v) is 9.06. The Morgan fingerprint density at radius 1 is 1.08 bits per heavy atom. The molecule has 0 aliphatic carbocycles. The molecule has 0 N–H and O–H groups in total. The van der Waals surface area contributed by atoms with E-state index in [0.717, 1.165) is 39.0 Å². The number of benzene rings is 1. The molecule has 1 aromatic rings. The molecule has 0 atom stereocenters. The summed E-state index contributed by atoms with van der Waals surface area (Å²) >= 11 is 5.81. The molecule has 1 heterocycles. The number of carbonyl (C=O) groups excluding carboxylic acids is 1. The van der Waals surface area contributed by atoms with Crippen molar-refractivity contribution in [1.29, 1.82) is 0 Å². The van der Waals surface area contributed by atoms with Gasteiger partial charge in [-0.05, 0) is 37.1 Å². The third-order valence-electron chi connectivity index (χ3n) is 4.42. The normalized spacial score (nSPS) is 15.6. The van der Waals surface area contributed by atoms with E-state index in [0.29, 0.717) is 23.4 Å². The van der Waals surface area contributed by atoms with Gasteiger partial charge in [-0.25, -0.2) is 4.79 Å². The van der Waals surface area contributed by atoms with Crippen LogP contribution in [-0.4, -0.2) is 61.3 Å². The zero-order valence-electron chi connectivity index (χ0n) is 14.5. The number of amides is 1. The summed E-state index contributed by atoms with van der Waals surface area (Å²) in [4.78, 5) is 16.3. The van der Waals surface area contributed by atoms with E-state index in [2.05, 4.69) is 18.7 Å². The number of carbonyl (C=O) groups is 1. The highest BCUT2D eigenvalue weighted by atomic mass is 35.5. The molecule has 5 nitrogen and oxygen atoms in total. The van der Waals surface area contributed by atoms with E-state index in [1.54, 1.807) is 29.2 Å². The van der Waals surface area contributed by atoms with Gasteiger partial charge >= 0.3 is 6.09 Å². The summed E-state index contributed by atoms with van der Waals surface area (Å²) in [5, 5.41) is 0.668. The van der Waals surface area contributed by atoms with Crippen molar-refractivity contribution in [3.8, 4) is 5.75 Å². The summed E-state index contributed by atoms with van der Waals surface area (Å²) in [5.41, 5.74) is 0. The molecular formula is C18H27ClN2O3. The lowest BCUT2D eigenvalue weighted by Gasteiger charge is -2.38. The third kappa shape index (κ3) is 5.56. The number of rotatable bonds is 7. The lowest BCUT2D eigenvalue weighted by Crippen LogP contribution is -2.52. The van der Waals surface area contributed by atoms with Crippen LogP contribution in [0.15, 0.2) is 24.3 Å². The van der Waals surface area contributed by atoms with Crippen LogP contribution in [-0.2, 0) is 4.74 Å². The highest BCUT2D eigenvalue weighted by molar-refractivity contribution is 6.30. The molecule has 2 rings (SSSR count). The minimum Gasteiger partial charge on any atom is -0.490 e. The minimum absolute atomic E-state index is 0.244. The van der Waals surface area contributed by atoms with Gasteiger partial charge < -0.3 is 14.4 Å². The molecule has 0 unspecified atom stereocenters. The van der Waals surface area contributed by atoms with Gasteiger partial charge in [0.15, 0.2) is 0 Å². The van der Waals surface area contributed by atoms with Crippen LogP contribution in [0, 0.1) is 0 Å². The molecule has 1 aliphatic rings. The summed E-state index contributed by atoms with van der Waals surface area (Å²) < 4.78 is 10.8. The fraction of sp³-hybridized carbons (Fsp3) is 0.611. The Labute approximate surface area is 149 Å². The Balaban J connectivity index is 1.64. The van der Waals surface area contributed by atoms with Crippen molar-refractivity contribution in [2.24, 2.45) is 0 Å². The van der Waals surface area contributed by atoms with Crippen LogP contribution in [0.2, 0.25) is 5.02 Å². The second kappa shape index (κ2) is 9.74. The van der Waals surface area contributed by atoms with Crippen molar-refractivity contribution >= 4 is 17.7 Å². The fourth-order valence-electron chi connectivity index (χ4n) is 2.99. The Kier molecular flexibility index (Phi) is 7.66. The minimum atomic E-state index is -0.251. The van der Waals surface area contributed by atoms with Crippen LogP contribution < -0.4 is 4.74 Å². The Morgan fingerprint density at radius 3 is 2.29 bits per heavy atom. The first-order valence-electron chi connectivity index (χ1n) is 8.68. The van der Waals surface area contributed by atoms with Crippen molar-refractivity contribution in [1.82, 2.24) is 9.80 Å². The number of halogens is 1. The fourth-order valence-corrected chi connectivity index (χ4v) is 3.11. The number of hydrogen-bond acceptors (Lipinski definition) is 4. The summed E-state index contributed by atoms with van der Waals surface area (Å²) in [6.07, 6.45) is 2.06. The molecule has 0 saturated carbocycles. The molecule has 0 bridgehead atoms. The van der Waals surface area contributed by atoms with Gasteiger partial charge in [0.1, 0.15) is 19.0 Å². The van der Waals surface area contributed by atoms with Crippen LogP contribution >= 0.6 is 11.6 Å². The lowest BCUT2D eigenvalue weighted by atomic mass is 10.1. The maximum absolute atomic E-state index is 12.1. The van der Waals surface area contributed by atoms with Gasteiger partial charge in [-0.3, -0.25) is 4.90 Å². The third-order valence-corrected chi connectivity index (χ3v) is 4.67. The quantitative estimate of drug-likeness (QED) is 0.701. The highest BCUT2D eigenvalue weighted by Gasteiger charge is 2.25. The van der Waals surface area contributed by atoms with Crippen molar-refractivity contribution in [3.05, 3.63) is 29.3 Å².